The zero-order valence-electron chi connectivity index (χ0n) is 12.8. The van der Waals surface area contributed by atoms with Crippen molar-refractivity contribution in [3.63, 3.8) is 0 Å². The third-order valence-corrected chi connectivity index (χ3v) is 3.75. The predicted octanol–water partition coefficient (Wildman–Crippen LogP) is 2.86. The summed E-state index contributed by atoms with van der Waals surface area (Å²) in [5, 5.41) is 3.39. The van der Waals surface area contributed by atoms with E-state index in [2.05, 4.69) is 29.1 Å². The summed E-state index contributed by atoms with van der Waals surface area (Å²) in [5.74, 6) is 2.50. The van der Waals surface area contributed by atoms with Gasteiger partial charge in [-0.3, -0.25) is 0 Å². The second kappa shape index (κ2) is 6.88. The molecule has 0 radical (unpaired) electrons. The summed E-state index contributed by atoms with van der Waals surface area (Å²) in [6.45, 7) is 7.87. The van der Waals surface area contributed by atoms with E-state index in [1.54, 1.807) is 0 Å². The van der Waals surface area contributed by atoms with E-state index in [4.69, 9.17) is 10.5 Å². The molecule has 0 aromatic carbocycles. The summed E-state index contributed by atoms with van der Waals surface area (Å²) in [6.07, 6.45) is 5.05. The van der Waals surface area contributed by atoms with Crippen molar-refractivity contribution in [1.82, 2.24) is 9.97 Å². The average Bonchev–Trinajstić information content (AvgIpc) is 2.44. The molecule has 0 bridgehead atoms. The molecule has 1 aliphatic rings. The minimum Gasteiger partial charge on any atom is -0.383 e. The van der Waals surface area contributed by atoms with Crippen LogP contribution < -0.4 is 11.1 Å². The molecule has 0 amide bonds. The lowest BCUT2D eigenvalue weighted by atomic mass is 10.1. The van der Waals surface area contributed by atoms with E-state index >= 15 is 0 Å². The lowest BCUT2D eigenvalue weighted by molar-refractivity contribution is 0.0134. The van der Waals surface area contributed by atoms with E-state index in [0.717, 1.165) is 36.8 Å². The van der Waals surface area contributed by atoms with Gasteiger partial charge in [0.15, 0.2) is 0 Å². The van der Waals surface area contributed by atoms with Crippen LogP contribution in [0.4, 0.5) is 11.6 Å². The molecule has 112 valence electrons. The van der Waals surface area contributed by atoms with Gasteiger partial charge in [-0.1, -0.05) is 13.8 Å². The summed E-state index contributed by atoms with van der Waals surface area (Å²) in [7, 11) is 0. The normalized spacial score (nSPS) is 19.3. The summed E-state index contributed by atoms with van der Waals surface area (Å²) in [4.78, 5) is 8.91. The number of nitrogens with one attached hydrogen (secondary N) is 1. The molecule has 0 spiro atoms. The Morgan fingerprint density at radius 1 is 1.35 bits per heavy atom. The minimum atomic E-state index is 0.278. The lowest BCUT2D eigenvalue weighted by Gasteiger charge is -2.23. The summed E-state index contributed by atoms with van der Waals surface area (Å²) in [6, 6.07) is 0. The van der Waals surface area contributed by atoms with E-state index in [9.17, 15) is 0 Å². The van der Waals surface area contributed by atoms with Gasteiger partial charge in [0.05, 0.1) is 6.10 Å². The van der Waals surface area contributed by atoms with Gasteiger partial charge >= 0.3 is 0 Å². The maximum absolute atomic E-state index is 5.96. The highest BCUT2D eigenvalue weighted by atomic mass is 16.5. The Balaban J connectivity index is 1.94. The Hall–Kier alpha value is -1.36. The van der Waals surface area contributed by atoms with Crippen LogP contribution in [-0.4, -0.2) is 29.2 Å². The molecule has 1 saturated heterocycles. The molecule has 0 saturated carbocycles. The fourth-order valence-corrected chi connectivity index (χ4v) is 2.37. The first-order chi connectivity index (χ1) is 9.58. The average molecular weight is 278 g/mol. The molecule has 3 N–H and O–H groups in total. The Bertz CT molecular complexity index is 442. The number of hydrogen-bond acceptors (Lipinski definition) is 5. The number of nitrogen functional groups attached to an aromatic ring is 1. The van der Waals surface area contributed by atoms with Crippen molar-refractivity contribution < 1.29 is 4.74 Å². The molecule has 5 heteroatoms. The van der Waals surface area contributed by atoms with Gasteiger partial charge in [0.2, 0.25) is 0 Å². The quantitative estimate of drug-likeness (QED) is 0.866. The first-order valence-corrected chi connectivity index (χ1v) is 7.57. The van der Waals surface area contributed by atoms with Gasteiger partial charge in [-0.25, -0.2) is 9.97 Å². The van der Waals surface area contributed by atoms with Crippen molar-refractivity contribution in [1.29, 1.82) is 0 Å². The highest BCUT2D eigenvalue weighted by Crippen LogP contribution is 2.21. The molecule has 2 rings (SSSR count). The van der Waals surface area contributed by atoms with Crippen molar-refractivity contribution in [2.75, 3.05) is 24.2 Å². The van der Waals surface area contributed by atoms with Crippen LogP contribution in [0, 0.1) is 6.92 Å². The second-order valence-electron chi connectivity index (χ2n) is 5.80. The number of nitrogens with two attached hydrogens (primary N) is 1. The SMILES string of the molecule is Cc1c(N)nc(C(C)C)nc1NCCC1CCCCO1. The van der Waals surface area contributed by atoms with Crippen molar-refractivity contribution in [2.45, 2.75) is 58.5 Å². The molecular formula is C15H26N4O. The molecule has 1 atom stereocenters. The van der Waals surface area contributed by atoms with Crippen LogP contribution in [0.1, 0.15) is 56.8 Å². The smallest absolute Gasteiger partial charge is 0.135 e. The lowest BCUT2D eigenvalue weighted by Crippen LogP contribution is -2.22. The Morgan fingerprint density at radius 2 is 2.15 bits per heavy atom. The van der Waals surface area contributed by atoms with Crippen molar-refractivity contribution in [3.8, 4) is 0 Å². The molecule has 1 aromatic heterocycles. The molecule has 0 aliphatic carbocycles. The van der Waals surface area contributed by atoms with Crippen LogP contribution in [-0.2, 0) is 4.74 Å². The fourth-order valence-electron chi connectivity index (χ4n) is 2.37. The van der Waals surface area contributed by atoms with Crippen LogP contribution in [0.3, 0.4) is 0 Å². The topological polar surface area (TPSA) is 73.1 Å². The summed E-state index contributed by atoms with van der Waals surface area (Å²) < 4.78 is 5.73. The van der Waals surface area contributed by atoms with Gasteiger partial charge in [0.25, 0.3) is 0 Å². The Morgan fingerprint density at radius 3 is 2.80 bits per heavy atom. The number of nitrogens with zero attached hydrogens (tertiary/aromatic N) is 2. The van der Waals surface area contributed by atoms with Crippen LogP contribution >= 0.6 is 0 Å². The van der Waals surface area contributed by atoms with Gasteiger partial charge in [0.1, 0.15) is 17.5 Å². The van der Waals surface area contributed by atoms with Gasteiger partial charge in [-0.2, -0.15) is 0 Å². The maximum Gasteiger partial charge on any atom is 0.135 e. The molecule has 1 aliphatic heterocycles. The zero-order valence-corrected chi connectivity index (χ0v) is 12.8. The standard InChI is InChI=1S/C15H26N4O/c1-10(2)14-18-13(16)11(3)15(19-14)17-8-7-12-6-4-5-9-20-12/h10,12H,4-9H2,1-3H3,(H3,16,17,18,19). The second-order valence-corrected chi connectivity index (χ2v) is 5.80. The van der Waals surface area contributed by atoms with Crippen LogP contribution in [0.2, 0.25) is 0 Å². The molecule has 1 fully saturated rings. The van der Waals surface area contributed by atoms with Gasteiger partial charge < -0.3 is 15.8 Å². The summed E-state index contributed by atoms with van der Waals surface area (Å²) >= 11 is 0. The van der Waals surface area contributed by atoms with Gasteiger partial charge in [-0.05, 0) is 32.6 Å². The van der Waals surface area contributed by atoms with Crippen molar-refractivity contribution >= 4 is 11.6 Å². The minimum absolute atomic E-state index is 0.278. The van der Waals surface area contributed by atoms with Gasteiger partial charge in [0, 0.05) is 24.6 Å². The summed E-state index contributed by atoms with van der Waals surface area (Å²) in [5.41, 5.74) is 6.89. The first-order valence-electron chi connectivity index (χ1n) is 7.57. The Labute approximate surface area is 121 Å². The van der Waals surface area contributed by atoms with E-state index < -0.39 is 0 Å². The predicted molar refractivity (Wildman–Crippen MR) is 82.0 cm³/mol. The monoisotopic (exact) mass is 278 g/mol. The fraction of sp³-hybridized carbons (Fsp3) is 0.733. The number of aromatic nitrogens is 2. The third kappa shape index (κ3) is 3.82. The molecule has 1 unspecified atom stereocenters. The number of ether oxygens (including phenoxy) is 1. The highest BCUT2D eigenvalue weighted by Gasteiger charge is 2.14. The van der Waals surface area contributed by atoms with Gasteiger partial charge in [-0.15, -0.1) is 0 Å². The number of anilines is 2. The van der Waals surface area contributed by atoms with Crippen molar-refractivity contribution in [2.24, 2.45) is 0 Å². The molecule has 1 aromatic rings. The van der Waals surface area contributed by atoms with E-state index in [1.807, 2.05) is 6.92 Å². The molecular weight excluding hydrogens is 252 g/mol. The molecule has 2 heterocycles. The van der Waals surface area contributed by atoms with Crippen LogP contribution in [0.25, 0.3) is 0 Å². The van der Waals surface area contributed by atoms with Crippen LogP contribution in [0.5, 0.6) is 0 Å². The maximum atomic E-state index is 5.96. The number of rotatable bonds is 5. The van der Waals surface area contributed by atoms with E-state index in [0.29, 0.717) is 11.9 Å². The number of hydrogen-bond donors (Lipinski definition) is 2. The van der Waals surface area contributed by atoms with E-state index in [1.165, 1.54) is 19.3 Å². The third-order valence-electron chi connectivity index (χ3n) is 3.75. The molecule has 20 heavy (non-hydrogen) atoms. The zero-order chi connectivity index (χ0) is 14.5. The van der Waals surface area contributed by atoms with Crippen LogP contribution in [0.15, 0.2) is 0 Å². The highest BCUT2D eigenvalue weighted by molar-refractivity contribution is 5.54. The largest absolute Gasteiger partial charge is 0.383 e. The molecule has 5 nitrogen and oxygen atoms in total. The van der Waals surface area contributed by atoms with Crippen molar-refractivity contribution in [3.05, 3.63) is 11.4 Å². The van der Waals surface area contributed by atoms with E-state index in [-0.39, 0.29) is 5.92 Å². The Kier molecular flexibility index (Phi) is 5.17. The first kappa shape index (κ1) is 15.0.